The third kappa shape index (κ3) is 3.37. The Morgan fingerprint density at radius 3 is 2.31 bits per heavy atom. The lowest BCUT2D eigenvalue weighted by Crippen LogP contribution is -2.45. The van der Waals surface area contributed by atoms with Gasteiger partial charge in [0, 0.05) is 16.2 Å². The van der Waals surface area contributed by atoms with Gasteiger partial charge in [-0.2, -0.15) is 0 Å². The Kier molecular flexibility index (Phi) is 4.18. The van der Waals surface area contributed by atoms with Crippen molar-refractivity contribution >= 4 is 28.7 Å². The molecule has 0 fully saturated rings. The smallest absolute Gasteiger partial charge is 0.407 e. The van der Waals surface area contributed by atoms with Gasteiger partial charge in [-0.05, 0) is 60.6 Å². The van der Waals surface area contributed by atoms with Crippen molar-refractivity contribution < 1.29 is 9.90 Å². The van der Waals surface area contributed by atoms with Crippen molar-refractivity contribution in [2.75, 3.05) is 7.05 Å². The first-order chi connectivity index (χ1) is 7.33. The third-order valence-corrected chi connectivity index (χ3v) is 3.46. The maximum atomic E-state index is 10.9. The zero-order valence-electron chi connectivity index (χ0n) is 9.70. The van der Waals surface area contributed by atoms with E-state index in [-0.39, 0.29) is 0 Å². The molecule has 0 saturated heterocycles. The van der Waals surface area contributed by atoms with Gasteiger partial charge in [-0.1, -0.05) is 12.1 Å². The number of carbonyl (C=O) groups is 1. The number of benzene rings is 1. The first kappa shape index (κ1) is 13.3. The summed E-state index contributed by atoms with van der Waals surface area (Å²) in [4.78, 5) is 12.3. The summed E-state index contributed by atoms with van der Waals surface area (Å²) in [6.45, 7) is 3.86. The molecule has 1 rings (SSSR count). The monoisotopic (exact) mass is 333 g/mol. The van der Waals surface area contributed by atoms with Crippen molar-refractivity contribution in [2.24, 2.45) is 0 Å². The van der Waals surface area contributed by atoms with Gasteiger partial charge in [-0.3, -0.25) is 0 Å². The van der Waals surface area contributed by atoms with Crippen molar-refractivity contribution in [3.8, 4) is 0 Å². The highest BCUT2D eigenvalue weighted by Gasteiger charge is 2.27. The number of hydrogen-bond donors (Lipinski definition) is 1. The minimum atomic E-state index is -0.893. The minimum absolute atomic E-state index is 0.390. The summed E-state index contributed by atoms with van der Waals surface area (Å²) in [5.41, 5.74) is 0.761. The minimum Gasteiger partial charge on any atom is -0.465 e. The lowest BCUT2D eigenvalue weighted by molar-refractivity contribution is 0.110. The fraction of sp³-hybridized carbons (Fsp3) is 0.417. The van der Waals surface area contributed by atoms with E-state index in [0.29, 0.717) is 6.42 Å². The molecule has 16 heavy (non-hydrogen) atoms. The molecule has 0 heterocycles. The first-order valence-electron chi connectivity index (χ1n) is 5.04. The molecule has 0 radical (unpaired) electrons. The zero-order valence-corrected chi connectivity index (χ0v) is 11.9. The summed E-state index contributed by atoms with van der Waals surface area (Å²) in [5, 5.41) is 8.96. The Bertz CT molecular complexity index is 373. The summed E-state index contributed by atoms with van der Waals surface area (Å²) in [7, 11) is 1.61. The van der Waals surface area contributed by atoms with E-state index >= 15 is 0 Å². The average Bonchev–Trinajstić information content (AvgIpc) is 2.20. The molecule has 1 aromatic rings. The summed E-state index contributed by atoms with van der Waals surface area (Å²) in [6.07, 6.45) is -0.178. The second-order valence-corrected chi connectivity index (χ2v) is 5.70. The number of hydrogen-bond acceptors (Lipinski definition) is 1. The number of amides is 1. The van der Waals surface area contributed by atoms with Gasteiger partial charge < -0.3 is 10.0 Å². The van der Waals surface area contributed by atoms with Crippen LogP contribution >= 0.6 is 22.6 Å². The fourth-order valence-electron chi connectivity index (χ4n) is 1.48. The highest BCUT2D eigenvalue weighted by Crippen LogP contribution is 2.19. The molecule has 4 heteroatoms. The SMILES string of the molecule is CN(C(=O)O)C(C)(C)Cc1ccc(I)cc1. The number of likely N-dealkylation sites (N-methyl/N-ethyl adjacent to an activating group) is 1. The summed E-state index contributed by atoms with van der Waals surface area (Å²) in [5.74, 6) is 0. The van der Waals surface area contributed by atoms with Crippen molar-refractivity contribution in [3.05, 3.63) is 33.4 Å². The largest absolute Gasteiger partial charge is 0.465 e. The van der Waals surface area contributed by atoms with Crippen LogP contribution in [0.2, 0.25) is 0 Å². The summed E-state index contributed by atoms with van der Waals surface area (Å²) < 4.78 is 1.19. The van der Waals surface area contributed by atoms with Crippen LogP contribution in [-0.4, -0.2) is 28.7 Å². The van der Waals surface area contributed by atoms with Gasteiger partial charge in [-0.15, -0.1) is 0 Å². The van der Waals surface area contributed by atoms with Crippen molar-refractivity contribution in [2.45, 2.75) is 25.8 Å². The van der Waals surface area contributed by atoms with Crippen LogP contribution in [0.5, 0.6) is 0 Å². The van der Waals surface area contributed by atoms with Crippen LogP contribution in [0, 0.1) is 3.57 Å². The predicted octanol–water partition coefficient (Wildman–Crippen LogP) is 3.22. The molecule has 88 valence electrons. The first-order valence-corrected chi connectivity index (χ1v) is 6.12. The highest BCUT2D eigenvalue weighted by atomic mass is 127. The molecule has 0 bridgehead atoms. The summed E-state index contributed by atoms with van der Waals surface area (Å²) in [6, 6.07) is 8.15. The quantitative estimate of drug-likeness (QED) is 0.863. The molecular formula is C12H16INO2. The van der Waals surface area contributed by atoms with E-state index in [9.17, 15) is 4.79 Å². The Morgan fingerprint density at radius 2 is 1.88 bits per heavy atom. The maximum absolute atomic E-state index is 10.9. The average molecular weight is 333 g/mol. The molecular weight excluding hydrogens is 317 g/mol. The third-order valence-electron chi connectivity index (χ3n) is 2.74. The molecule has 1 aromatic carbocycles. The lowest BCUT2D eigenvalue weighted by Gasteiger charge is -2.33. The van der Waals surface area contributed by atoms with E-state index in [1.807, 2.05) is 38.1 Å². The predicted molar refractivity (Wildman–Crippen MR) is 72.7 cm³/mol. The van der Waals surface area contributed by atoms with Gasteiger partial charge >= 0.3 is 6.09 Å². The highest BCUT2D eigenvalue weighted by molar-refractivity contribution is 14.1. The molecule has 0 aliphatic heterocycles. The van der Waals surface area contributed by atoms with E-state index in [0.717, 1.165) is 5.56 Å². The van der Waals surface area contributed by atoms with Crippen LogP contribution in [0.1, 0.15) is 19.4 Å². The van der Waals surface area contributed by atoms with Gasteiger partial charge in [0.1, 0.15) is 0 Å². The Labute approximate surface area is 110 Å². The number of rotatable bonds is 3. The van der Waals surface area contributed by atoms with Crippen molar-refractivity contribution in [3.63, 3.8) is 0 Å². The van der Waals surface area contributed by atoms with Crippen LogP contribution in [0.4, 0.5) is 4.79 Å². The normalized spacial score (nSPS) is 11.2. The molecule has 0 spiro atoms. The van der Waals surface area contributed by atoms with E-state index in [2.05, 4.69) is 22.6 Å². The Hall–Kier alpha value is -0.780. The molecule has 1 amide bonds. The van der Waals surface area contributed by atoms with Crippen LogP contribution in [0.15, 0.2) is 24.3 Å². The molecule has 0 atom stereocenters. The molecule has 3 nitrogen and oxygen atoms in total. The van der Waals surface area contributed by atoms with Crippen LogP contribution in [0.3, 0.4) is 0 Å². The molecule has 0 aliphatic rings. The van der Waals surface area contributed by atoms with Crippen LogP contribution < -0.4 is 0 Å². The number of halogens is 1. The second kappa shape index (κ2) is 5.03. The van der Waals surface area contributed by atoms with E-state index in [1.54, 1.807) is 7.05 Å². The molecule has 0 aliphatic carbocycles. The topological polar surface area (TPSA) is 40.5 Å². The van der Waals surface area contributed by atoms with E-state index in [1.165, 1.54) is 8.47 Å². The van der Waals surface area contributed by atoms with Crippen molar-refractivity contribution in [1.29, 1.82) is 0 Å². The standard InChI is InChI=1S/C12H16INO2/c1-12(2,14(3)11(15)16)8-9-4-6-10(13)7-5-9/h4-7H,8H2,1-3H3,(H,15,16). The van der Waals surface area contributed by atoms with Crippen LogP contribution in [-0.2, 0) is 6.42 Å². The van der Waals surface area contributed by atoms with Gasteiger partial charge in [-0.25, -0.2) is 4.79 Å². The number of carboxylic acid groups (broad SMARTS) is 1. The zero-order chi connectivity index (χ0) is 12.3. The van der Waals surface area contributed by atoms with Gasteiger partial charge in [0.15, 0.2) is 0 Å². The van der Waals surface area contributed by atoms with Gasteiger partial charge in [0.2, 0.25) is 0 Å². The lowest BCUT2D eigenvalue weighted by atomic mass is 9.94. The Balaban J connectivity index is 2.79. The molecule has 1 N–H and O–H groups in total. The number of nitrogens with zero attached hydrogens (tertiary/aromatic N) is 1. The van der Waals surface area contributed by atoms with Crippen LogP contribution in [0.25, 0.3) is 0 Å². The molecule has 0 saturated carbocycles. The van der Waals surface area contributed by atoms with E-state index < -0.39 is 11.6 Å². The van der Waals surface area contributed by atoms with Gasteiger partial charge in [0.05, 0.1) is 0 Å². The molecule has 0 unspecified atom stereocenters. The molecule has 0 aromatic heterocycles. The maximum Gasteiger partial charge on any atom is 0.407 e. The van der Waals surface area contributed by atoms with Crippen molar-refractivity contribution in [1.82, 2.24) is 4.90 Å². The summed E-state index contributed by atoms with van der Waals surface area (Å²) >= 11 is 2.25. The van der Waals surface area contributed by atoms with Gasteiger partial charge in [0.25, 0.3) is 0 Å². The fourth-order valence-corrected chi connectivity index (χ4v) is 1.84. The second-order valence-electron chi connectivity index (χ2n) is 4.46. The van der Waals surface area contributed by atoms with E-state index in [4.69, 9.17) is 5.11 Å². The Morgan fingerprint density at radius 1 is 1.38 bits per heavy atom.